The van der Waals surface area contributed by atoms with Gasteiger partial charge in [-0.3, -0.25) is 9.69 Å². The van der Waals surface area contributed by atoms with Crippen molar-refractivity contribution < 1.29 is 4.42 Å². The number of aromatic nitrogens is 2. The average molecular weight is 377 g/mol. The second-order valence-electron chi connectivity index (χ2n) is 7.70. The molecule has 3 aromatic rings. The van der Waals surface area contributed by atoms with E-state index >= 15 is 0 Å². The van der Waals surface area contributed by atoms with Gasteiger partial charge in [0.15, 0.2) is 0 Å². The first kappa shape index (κ1) is 18.7. The molecule has 146 valence electrons. The first-order chi connectivity index (χ1) is 13.6. The molecule has 28 heavy (non-hydrogen) atoms. The number of hydrogen-bond acceptors (Lipinski definition) is 4. The number of nitrogens with zero attached hydrogens (tertiary/aromatic N) is 2. The lowest BCUT2D eigenvalue weighted by Gasteiger charge is -2.23. The predicted molar refractivity (Wildman–Crippen MR) is 110 cm³/mol. The molecule has 0 bridgehead atoms. The number of nitrogens with one attached hydrogen (secondary N) is 1. The summed E-state index contributed by atoms with van der Waals surface area (Å²) in [4.78, 5) is 22.5. The maximum absolute atomic E-state index is 12.5. The Morgan fingerprint density at radius 1 is 1.14 bits per heavy atom. The SMILES string of the molecule is CC(c1ccco1)N(C)Cc1ccc(-c2nc3c(c(=O)[nH]2)CCCCC3)cc1. The summed E-state index contributed by atoms with van der Waals surface area (Å²) in [6, 6.07) is 12.4. The van der Waals surface area contributed by atoms with Crippen molar-refractivity contribution in [3.8, 4) is 11.4 Å². The van der Waals surface area contributed by atoms with Crippen molar-refractivity contribution in [2.45, 2.75) is 51.6 Å². The standard InChI is InChI=1S/C23H27N3O2/c1-16(21-9-6-14-28-21)26(2)15-17-10-12-18(13-11-17)22-24-20-8-5-3-4-7-19(20)23(27)25-22/h6,9-14,16H,3-5,7-8,15H2,1-2H3,(H,24,25,27). The molecule has 1 aliphatic carbocycles. The molecular weight excluding hydrogens is 350 g/mol. The lowest BCUT2D eigenvalue weighted by Crippen LogP contribution is -2.21. The Hall–Kier alpha value is -2.66. The van der Waals surface area contributed by atoms with Crippen LogP contribution in [0.25, 0.3) is 11.4 Å². The van der Waals surface area contributed by atoms with E-state index < -0.39 is 0 Å². The molecule has 1 unspecified atom stereocenters. The third-order valence-corrected chi connectivity index (χ3v) is 5.72. The van der Waals surface area contributed by atoms with Gasteiger partial charge >= 0.3 is 0 Å². The summed E-state index contributed by atoms with van der Waals surface area (Å²) < 4.78 is 5.51. The second-order valence-corrected chi connectivity index (χ2v) is 7.70. The highest BCUT2D eigenvalue weighted by Crippen LogP contribution is 2.23. The van der Waals surface area contributed by atoms with E-state index in [0.29, 0.717) is 5.82 Å². The van der Waals surface area contributed by atoms with Crippen LogP contribution in [0.1, 0.15) is 54.8 Å². The number of fused-ring (bicyclic) bond motifs is 1. The molecule has 1 aliphatic rings. The maximum atomic E-state index is 12.5. The van der Waals surface area contributed by atoms with Crippen LogP contribution in [0.3, 0.4) is 0 Å². The molecule has 1 N–H and O–H groups in total. The summed E-state index contributed by atoms with van der Waals surface area (Å²) in [6.45, 7) is 2.95. The summed E-state index contributed by atoms with van der Waals surface area (Å²) in [6.07, 6.45) is 6.82. The van der Waals surface area contributed by atoms with E-state index in [4.69, 9.17) is 9.40 Å². The second kappa shape index (κ2) is 8.15. The van der Waals surface area contributed by atoms with Gasteiger partial charge in [-0.1, -0.05) is 30.7 Å². The topological polar surface area (TPSA) is 62.1 Å². The number of H-pyrrole nitrogens is 1. The Kier molecular flexibility index (Phi) is 5.44. The lowest BCUT2D eigenvalue weighted by molar-refractivity contribution is 0.223. The van der Waals surface area contributed by atoms with Crippen molar-refractivity contribution in [2.75, 3.05) is 7.05 Å². The summed E-state index contributed by atoms with van der Waals surface area (Å²) in [7, 11) is 2.09. The largest absolute Gasteiger partial charge is 0.468 e. The molecule has 2 heterocycles. The van der Waals surface area contributed by atoms with Gasteiger partial charge in [0.2, 0.25) is 0 Å². The van der Waals surface area contributed by atoms with E-state index in [1.807, 2.05) is 24.3 Å². The van der Waals surface area contributed by atoms with Crippen LogP contribution >= 0.6 is 0 Å². The normalized spacial score (nSPS) is 15.2. The Labute approximate surface area is 165 Å². The molecule has 5 nitrogen and oxygen atoms in total. The van der Waals surface area contributed by atoms with Crippen LogP contribution in [0.2, 0.25) is 0 Å². The van der Waals surface area contributed by atoms with E-state index in [0.717, 1.165) is 54.8 Å². The summed E-state index contributed by atoms with van der Waals surface area (Å²) in [5.41, 5.74) is 4.05. The minimum atomic E-state index is 0.0259. The summed E-state index contributed by atoms with van der Waals surface area (Å²) in [5.74, 6) is 1.64. The molecule has 0 fully saturated rings. The van der Waals surface area contributed by atoms with Gasteiger partial charge in [-0.05, 0) is 57.4 Å². The highest BCUT2D eigenvalue weighted by Gasteiger charge is 2.16. The molecule has 0 saturated heterocycles. The van der Waals surface area contributed by atoms with Crippen LogP contribution < -0.4 is 5.56 Å². The zero-order chi connectivity index (χ0) is 19.5. The van der Waals surface area contributed by atoms with Crippen LogP contribution in [0.4, 0.5) is 0 Å². The van der Waals surface area contributed by atoms with Crippen LogP contribution in [0, 0.1) is 0 Å². The highest BCUT2D eigenvalue weighted by molar-refractivity contribution is 5.55. The highest BCUT2D eigenvalue weighted by atomic mass is 16.3. The Balaban J connectivity index is 1.51. The van der Waals surface area contributed by atoms with Crippen LogP contribution in [0.15, 0.2) is 51.9 Å². The molecule has 5 heteroatoms. The monoisotopic (exact) mass is 377 g/mol. The Morgan fingerprint density at radius 2 is 1.93 bits per heavy atom. The molecule has 0 spiro atoms. The molecule has 2 aromatic heterocycles. The zero-order valence-corrected chi connectivity index (χ0v) is 16.6. The third-order valence-electron chi connectivity index (χ3n) is 5.72. The van der Waals surface area contributed by atoms with Crippen molar-refractivity contribution in [3.05, 3.63) is 75.6 Å². The molecule has 0 amide bonds. The number of hydrogen-bond donors (Lipinski definition) is 1. The molecule has 4 rings (SSSR count). The van der Waals surface area contributed by atoms with Crippen LogP contribution in [-0.2, 0) is 19.4 Å². The number of benzene rings is 1. The fourth-order valence-corrected chi connectivity index (χ4v) is 3.86. The van der Waals surface area contributed by atoms with Gasteiger partial charge in [0.1, 0.15) is 11.6 Å². The quantitative estimate of drug-likeness (QED) is 0.666. The maximum Gasteiger partial charge on any atom is 0.254 e. The van der Waals surface area contributed by atoms with Crippen LogP contribution in [-0.4, -0.2) is 21.9 Å². The zero-order valence-electron chi connectivity index (χ0n) is 16.6. The molecule has 0 aliphatic heterocycles. The van der Waals surface area contributed by atoms with Gasteiger partial charge in [0.05, 0.1) is 18.0 Å². The van der Waals surface area contributed by atoms with Gasteiger partial charge in [0.25, 0.3) is 5.56 Å². The van der Waals surface area contributed by atoms with Gasteiger partial charge in [0, 0.05) is 17.7 Å². The van der Waals surface area contributed by atoms with Crippen molar-refractivity contribution in [1.82, 2.24) is 14.9 Å². The third kappa shape index (κ3) is 3.94. The number of aromatic amines is 1. The smallest absolute Gasteiger partial charge is 0.254 e. The van der Waals surface area contributed by atoms with Crippen molar-refractivity contribution in [2.24, 2.45) is 0 Å². The molecule has 1 aromatic carbocycles. The van der Waals surface area contributed by atoms with Crippen LogP contribution in [0.5, 0.6) is 0 Å². The molecular formula is C23H27N3O2. The van der Waals surface area contributed by atoms with Crippen molar-refractivity contribution in [3.63, 3.8) is 0 Å². The fourth-order valence-electron chi connectivity index (χ4n) is 3.86. The van der Waals surface area contributed by atoms with Gasteiger partial charge in [-0.25, -0.2) is 4.98 Å². The van der Waals surface area contributed by atoms with E-state index in [9.17, 15) is 4.79 Å². The molecule has 0 radical (unpaired) electrons. The summed E-state index contributed by atoms with van der Waals surface area (Å²) in [5, 5.41) is 0. The number of furan rings is 1. The number of aryl methyl sites for hydroxylation is 1. The Morgan fingerprint density at radius 3 is 2.68 bits per heavy atom. The number of rotatable bonds is 5. The van der Waals surface area contributed by atoms with E-state index in [-0.39, 0.29) is 11.6 Å². The van der Waals surface area contributed by atoms with E-state index in [2.05, 4.69) is 36.0 Å². The van der Waals surface area contributed by atoms with Gasteiger partial charge in [-0.15, -0.1) is 0 Å². The fraction of sp³-hybridized carbons (Fsp3) is 0.391. The predicted octanol–water partition coefficient (Wildman–Crippen LogP) is 4.49. The average Bonchev–Trinajstić information content (AvgIpc) is 3.13. The minimum absolute atomic E-state index is 0.0259. The van der Waals surface area contributed by atoms with E-state index in [1.54, 1.807) is 6.26 Å². The van der Waals surface area contributed by atoms with E-state index in [1.165, 1.54) is 12.0 Å². The lowest BCUT2D eigenvalue weighted by atomic mass is 10.1. The van der Waals surface area contributed by atoms with Crippen molar-refractivity contribution >= 4 is 0 Å². The van der Waals surface area contributed by atoms with Gasteiger partial charge < -0.3 is 9.40 Å². The Bertz CT molecular complexity index is 974. The molecule has 0 saturated carbocycles. The minimum Gasteiger partial charge on any atom is -0.468 e. The first-order valence-electron chi connectivity index (χ1n) is 10.1. The van der Waals surface area contributed by atoms with Gasteiger partial charge in [-0.2, -0.15) is 0 Å². The molecule has 1 atom stereocenters. The summed E-state index contributed by atoms with van der Waals surface area (Å²) >= 11 is 0. The first-order valence-corrected chi connectivity index (χ1v) is 10.1. The van der Waals surface area contributed by atoms with Crippen molar-refractivity contribution in [1.29, 1.82) is 0 Å².